The molecular weight excluding hydrogens is 805 g/mol. The van der Waals surface area contributed by atoms with Gasteiger partial charge < -0.3 is 35.1 Å². The second-order valence-electron chi connectivity index (χ2n) is 12.2. The SMILES string of the molecule is C/C=C/C(=O)N[C@@H](C)C(=O)NC[C@H]1c2c(c(O)c(C)c3c2OCO3)CC2[C@H]3c4c(cc(C)c(OC)c4O)C[C@@H]([C@H](C#N)N21)N3C.[Ac]. The third-order valence-corrected chi connectivity index (χ3v) is 9.83. The standard InChI is InChI=1S/C33H39N5O7.Ac/c1-7-8-24(39)36-17(4)33(42)35-13-23-26-19(28(40)16(3)31-32(26)45-14-44-31)11-21-27-25-18(9-15(2)30(43-6)29(25)41)10-20(37(27)5)22(12-34)38(21)23;/h7-9,17,20-23,27,40-41H,10-11,13-14H2,1-6H3,(H,35,42)(H,36,39);/b8-7+;/t17-,20-,21?,22-,23-,27-;/m0./s1. The van der Waals surface area contributed by atoms with E-state index < -0.39 is 24.0 Å². The zero-order valence-electron chi connectivity index (χ0n) is 26.9. The number of rotatable bonds is 6. The minimum absolute atomic E-state index is 0. The first-order valence-corrected chi connectivity index (χ1v) is 15.2. The van der Waals surface area contributed by atoms with Crippen molar-refractivity contribution in [2.45, 2.75) is 76.8 Å². The summed E-state index contributed by atoms with van der Waals surface area (Å²) in [7, 11) is 3.50. The number of amides is 2. The number of nitrogens with one attached hydrogen (secondary N) is 2. The monoisotopic (exact) mass is 844 g/mol. The molecule has 1 fully saturated rings. The van der Waals surface area contributed by atoms with Gasteiger partial charge in [0.1, 0.15) is 17.8 Å². The van der Waals surface area contributed by atoms with Gasteiger partial charge in [-0.25, -0.2) is 0 Å². The summed E-state index contributed by atoms with van der Waals surface area (Å²) in [5, 5.41) is 39.5. The predicted octanol–water partition coefficient (Wildman–Crippen LogP) is 2.42. The molecule has 12 nitrogen and oxygen atoms in total. The summed E-state index contributed by atoms with van der Waals surface area (Å²) in [5.41, 5.74) is 4.40. The molecule has 13 heteroatoms. The van der Waals surface area contributed by atoms with Gasteiger partial charge in [-0.3, -0.25) is 19.4 Å². The average molecular weight is 845 g/mol. The van der Waals surface area contributed by atoms with Gasteiger partial charge in [0.15, 0.2) is 23.0 Å². The van der Waals surface area contributed by atoms with E-state index in [1.54, 1.807) is 26.8 Å². The predicted molar refractivity (Wildman–Crippen MR) is 163 cm³/mol. The fourth-order valence-corrected chi connectivity index (χ4v) is 7.87. The van der Waals surface area contributed by atoms with Crippen LogP contribution in [0.25, 0.3) is 0 Å². The minimum Gasteiger partial charge on any atom is -0.507 e. The van der Waals surface area contributed by atoms with Crippen molar-refractivity contribution in [2.75, 3.05) is 27.5 Å². The molecule has 4 N–H and O–H groups in total. The van der Waals surface area contributed by atoms with Gasteiger partial charge in [0.25, 0.3) is 0 Å². The van der Waals surface area contributed by atoms with Crippen molar-refractivity contribution in [3.8, 4) is 34.8 Å². The Morgan fingerprint density at radius 1 is 1.17 bits per heavy atom. The maximum absolute atomic E-state index is 13.3. The molecule has 0 aliphatic carbocycles. The Bertz CT molecular complexity index is 1660. The Hall–Kier alpha value is -3.03. The third kappa shape index (κ3) is 5.32. The number of allylic oxidation sites excluding steroid dienone is 1. The van der Waals surface area contributed by atoms with Gasteiger partial charge in [0, 0.05) is 84.9 Å². The van der Waals surface area contributed by atoms with Gasteiger partial charge in [-0.2, -0.15) is 5.26 Å². The van der Waals surface area contributed by atoms with Crippen molar-refractivity contribution in [3.05, 3.63) is 51.6 Å². The number of aryl methyl sites for hydroxylation is 1. The van der Waals surface area contributed by atoms with Gasteiger partial charge >= 0.3 is 0 Å². The molecule has 2 amide bonds. The third-order valence-electron chi connectivity index (χ3n) is 9.83. The Morgan fingerprint density at radius 3 is 2.57 bits per heavy atom. The number of hydrogen-bond donors (Lipinski definition) is 4. The van der Waals surface area contributed by atoms with Gasteiger partial charge in [0.2, 0.25) is 18.6 Å². The number of nitriles is 1. The molecule has 6 rings (SSSR count). The van der Waals surface area contributed by atoms with Crippen molar-refractivity contribution < 1.29 is 78.1 Å². The van der Waals surface area contributed by atoms with E-state index in [0.29, 0.717) is 46.8 Å². The molecule has 0 saturated carbocycles. The minimum atomic E-state index is -0.817. The maximum atomic E-state index is 13.3. The van der Waals surface area contributed by atoms with E-state index in [1.165, 1.54) is 13.2 Å². The quantitative estimate of drug-likeness (QED) is 0.319. The number of fused-ring (bicyclic) bond motifs is 9. The molecule has 4 aliphatic rings. The first-order chi connectivity index (χ1) is 21.5. The summed E-state index contributed by atoms with van der Waals surface area (Å²) in [6.45, 7) is 7.04. The van der Waals surface area contributed by atoms with E-state index in [-0.39, 0.29) is 92.9 Å². The Morgan fingerprint density at radius 2 is 1.89 bits per heavy atom. The van der Waals surface area contributed by atoms with E-state index in [4.69, 9.17) is 14.2 Å². The van der Waals surface area contributed by atoms with Crippen LogP contribution in [0.3, 0.4) is 0 Å². The molecule has 0 aromatic heterocycles. The average Bonchev–Trinajstić information content (AvgIpc) is 3.49. The number of carbonyl (C=O) groups is 2. The zero-order valence-corrected chi connectivity index (χ0v) is 31.6. The van der Waals surface area contributed by atoms with Crippen LogP contribution in [0.4, 0.5) is 0 Å². The second kappa shape index (κ2) is 13.2. The van der Waals surface area contributed by atoms with E-state index in [1.807, 2.05) is 20.0 Å². The molecule has 241 valence electrons. The van der Waals surface area contributed by atoms with Gasteiger partial charge in [-0.1, -0.05) is 12.1 Å². The van der Waals surface area contributed by atoms with Crippen molar-refractivity contribution in [3.63, 3.8) is 0 Å². The number of aromatic hydroxyl groups is 2. The fourth-order valence-electron chi connectivity index (χ4n) is 7.87. The van der Waals surface area contributed by atoms with Crippen LogP contribution in [0.5, 0.6) is 28.7 Å². The number of methoxy groups -OCH3 is 1. The molecule has 2 aromatic rings. The van der Waals surface area contributed by atoms with Crippen LogP contribution in [0.1, 0.15) is 59.3 Å². The normalized spacial score (nSPS) is 24.9. The molecule has 6 atom stereocenters. The number of benzene rings is 2. The van der Waals surface area contributed by atoms with Crippen LogP contribution < -0.4 is 24.8 Å². The molecule has 4 aliphatic heterocycles. The summed E-state index contributed by atoms with van der Waals surface area (Å²) >= 11 is 0. The van der Waals surface area contributed by atoms with Crippen LogP contribution in [-0.4, -0.2) is 83.5 Å². The molecular formula is C33H39AcN5O7. The van der Waals surface area contributed by atoms with E-state index >= 15 is 0 Å². The summed E-state index contributed by atoms with van der Waals surface area (Å²) in [5.74, 6) is 0.724. The van der Waals surface area contributed by atoms with E-state index in [9.17, 15) is 25.1 Å². The van der Waals surface area contributed by atoms with Crippen molar-refractivity contribution in [2.24, 2.45) is 0 Å². The number of hydrogen-bond acceptors (Lipinski definition) is 10. The summed E-state index contributed by atoms with van der Waals surface area (Å²) < 4.78 is 17.4. The van der Waals surface area contributed by atoms with Crippen LogP contribution >= 0.6 is 0 Å². The summed E-state index contributed by atoms with van der Waals surface area (Å²) in [4.78, 5) is 29.7. The van der Waals surface area contributed by atoms with Crippen LogP contribution in [-0.2, 0) is 22.4 Å². The zero-order chi connectivity index (χ0) is 32.3. The smallest absolute Gasteiger partial charge is 0.244 e. The number of ether oxygens (including phenoxy) is 3. The Labute approximate surface area is 304 Å². The van der Waals surface area contributed by atoms with Gasteiger partial charge in [-0.15, -0.1) is 0 Å². The van der Waals surface area contributed by atoms with Crippen LogP contribution in [0, 0.1) is 69.2 Å². The van der Waals surface area contributed by atoms with Crippen molar-refractivity contribution in [1.82, 2.24) is 20.4 Å². The van der Waals surface area contributed by atoms with E-state index in [0.717, 1.165) is 16.7 Å². The van der Waals surface area contributed by atoms with Crippen molar-refractivity contribution in [1.29, 1.82) is 5.26 Å². The number of likely N-dealkylation sites (N-methyl/N-ethyl adjacent to an activating group) is 1. The molecule has 4 heterocycles. The molecule has 1 saturated heterocycles. The Balaban J connectivity index is 0.00000417. The number of phenols is 2. The topological polar surface area (TPSA) is 157 Å². The summed E-state index contributed by atoms with van der Waals surface area (Å²) in [6, 6.07) is 1.63. The molecule has 1 unspecified atom stereocenters. The molecule has 46 heavy (non-hydrogen) atoms. The van der Waals surface area contributed by atoms with Crippen molar-refractivity contribution >= 4 is 11.8 Å². The van der Waals surface area contributed by atoms with Gasteiger partial charge in [-0.05, 0) is 64.8 Å². The molecule has 2 aromatic carbocycles. The maximum Gasteiger partial charge on any atom is 0.244 e. The van der Waals surface area contributed by atoms with Gasteiger partial charge in [0.05, 0.1) is 25.3 Å². The molecule has 0 spiro atoms. The molecule has 1 radical (unpaired) electrons. The fraction of sp³-hybridized carbons (Fsp3) is 0.485. The first kappa shape index (κ1) is 34.3. The number of piperazine rings is 1. The Kier molecular flexibility index (Phi) is 9.87. The number of nitrogens with zero attached hydrogens (tertiary/aromatic N) is 3. The van der Waals surface area contributed by atoms with E-state index in [2.05, 4.69) is 26.5 Å². The second-order valence-corrected chi connectivity index (χ2v) is 12.2. The van der Waals surface area contributed by atoms with Crippen LogP contribution in [0.15, 0.2) is 18.2 Å². The number of phenolic OH excluding ortho intramolecular Hbond substituents is 2. The number of carbonyl (C=O) groups excluding carboxylic acids is 2. The molecule has 2 bridgehead atoms. The summed E-state index contributed by atoms with van der Waals surface area (Å²) in [6.07, 6.45) is 3.82. The largest absolute Gasteiger partial charge is 0.507 e. The van der Waals surface area contributed by atoms with Crippen LogP contribution in [0.2, 0.25) is 0 Å². The first-order valence-electron chi connectivity index (χ1n) is 15.2.